The van der Waals surface area contributed by atoms with Gasteiger partial charge in [0.1, 0.15) is 5.57 Å². The second kappa shape index (κ2) is 4.21. The Kier molecular flexibility index (Phi) is 2.74. The first-order chi connectivity index (χ1) is 8.15. The predicted octanol–water partition coefficient (Wildman–Crippen LogP) is 0.426. The van der Waals surface area contributed by atoms with Crippen LogP contribution in [0.25, 0.3) is 0 Å². The van der Waals surface area contributed by atoms with Crippen LogP contribution in [0.15, 0.2) is 41.7 Å². The lowest BCUT2D eigenvalue weighted by Crippen LogP contribution is -2.24. The maximum atomic E-state index is 12.0. The zero-order valence-corrected chi connectivity index (χ0v) is 9.02. The van der Waals surface area contributed by atoms with Gasteiger partial charge in [-0.05, 0) is 0 Å². The predicted molar refractivity (Wildman–Crippen MR) is 58.0 cm³/mol. The van der Waals surface area contributed by atoms with Crippen molar-refractivity contribution in [3.63, 3.8) is 0 Å². The van der Waals surface area contributed by atoms with Gasteiger partial charge in [-0.3, -0.25) is 19.7 Å². The van der Waals surface area contributed by atoms with Crippen molar-refractivity contribution < 1.29 is 19.1 Å². The van der Waals surface area contributed by atoms with Crippen molar-refractivity contribution in [3.05, 3.63) is 47.2 Å². The average molecular weight is 231 g/mol. The fourth-order valence-electron chi connectivity index (χ4n) is 1.57. The Hall–Kier alpha value is -2.43. The smallest absolute Gasteiger partial charge is 0.294 e. The minimum absolute atomic E-state index is 0.233. The number of Topliss-reactive ketones (excluding diaryl/α,β-unsaturated/α-hetero) is 1. The number of carbonyl (C=O) groups excluding carboxylic acids is 3. The lowest BCUT2D eigenvalue weighted by Gasteiger charge is -2.01. The minimum Gasteiger partial charge on any atom is -0.490 e. The van der Waals surface area contributed by atoms with Crippen molar-refractivity contribution >= 4 is 17.6 Å². The van der Waals surface area contributed by atoms with Gasteiger partial charge < -0.3 is 4.74 Å². The average Bonchev–Trinajstić information content (AvgIpc) is 2.63. The summed E-state index contributed by atoms with van der Waals surface area (Å²) >= 11 is 0. The van der Waals surface area contributed by atoms with Crippen LogP contribution in [-0.4, -0.2) is 24.7 Å². The Balaban J connectivity index is 2.47. The van der Waals surface area contributed by atoms with Crippen molar-refractivity contribution in [1.29, 1.82) is 0 Å². The molecule has 1 aliphatic rings. The Labute approximate surface area is 97.1 Å². The molecule has 1 heterocycles. The van der Waals surface area contributed by atoms with Crippen LogP contribution in [0.5, 0.6) is 0 Å². The van der Waals surface area contributed by atoms with Gasteiger partial charge in [-0.25, -0.2) is 0 Å². The SMILES string of the molecule is COC1=C(C(=O)c2ccccc2)C(=O)NC1=O. The number of nitrogens with one attached hydrogen (secondary N) is 1. The number of ether oxygens (including phenoxy) is 1. The Bertz CT molecular complexity index is 531. The number of hydrogen-bond donors (Lipinski definition) is 1. The first kappa shape index (κ1) is 11.1. The van der Waals surface area contributed by atoms with Crippen LogP contribution >= 0.6 is 0 Å². The second-order valence-corrected chi connectivity index (χ2v) is 3.39. The van der Waals surface area contributed by atoms with E-state index in [0.29, 0.717) is 5.56 Å². The molecule has 0 aromatic heterocycles. The fourth-order valence-corrected chi connectivity index (χ4v) is 1.57. The number of carbonyl (C=O) groups is 3. The molecule has 0 aliphatic carbocycles. The maximum Gasteiger partial charge on any atom is 0.294 e. The molecule has 86 valence electrons. The molecule has 5 heteroatoms. The first-order valence-electron chi connectivity index (χ1n) is 4.89. The van der Waals surface area contributed by atoms with Gasteiger partial charge in [0.25, 0.3) is 11.8 Å². The molecule has 2 amide bonds. The number of rotatable bonds is 3. The molecule has 0 saturated carbocycles. The van der Waals surface area contributed by atoms with Gasteiger partial charge in [0.15, 0.2) is 0 Å². The van der Waals surface area contributed by atoms with Gasteiger partial charge in [-0.1, -0.05) is 30.3 Å². The summed E-state index contributed by atoms with van der Waals surface area (Å²) in [6.07, 6.45) is 0. The van der Waals surface area contributed by atoms with Crippen LogP contribution in [0.1, 0.15) is 10.4 Å². The molecular formula is C12H9NO4. The van der Waals surface area contributed by atoms with E-state index in [1.807, 2.05) is 5.32 Å². The van der Waals surface area contributed by atoms with E-state index >= 15 is 0 Å². The molecule has 1 aliphatic heterocycles. The van der Waals surface area contributed by atoms with Crippen LogP contribution in [0, 0.1) is 0 Å². The van der Waals surface area contributed by atoms with Gasteiger partial charge in [0.05, 0.1) is 7.11 Å². The summed E-state index contributed by atoms with van der Waals surface area (Å²) in [6, 6.07) is 8.24. The fraction of sp³-hybridized carbons (Fsp3) is 0.0833. The molecule has 0 spiro atoms. The third-order valence-electron chi connectivity index (χ3n) is 2.35. The maximum absolute atomic E-state index is 12.0. The molecule has 0 fully saturated rings. The largest absolute Gasteiger partial charge is 0.490 e. The lowest BCUT2D eigenvalue weighted by atomic mass is 10.0. The van der Waals surface area contributed by atoms with Crippen LogP contribution in [0.2, 0.25) is 0 Å². The van der Waals surface area contributed by atoms with E-state index in [1.165, 1.54) is 7.11 Å². The molecule has 0 unspecified atom stereocenters. The summed E-state index contributed by atoms with van der Waals surface area (Å²) in [5.41, 5.74) is 0.0885. The zero-order valence-electron chi connectivity index (χ0n) is 9.02. The molecule has 0 atom stereocenters. The molecule has 1 aromatic carbocycles. The molecule has 0 saturated heterocycles. The Morgan fingerprint density at radius 1 is 1.12 bits per heavy atom. The molecule has 1 aromatic rings. The number of benzene rings is 1. The topological polar surface area (TPSA) is 72.5 Å². The highest BCUT2D eigenvalue weighted by Crippen LogP contribution is 2.18. The summed E-state index contributed by atoms with van der Waals surface area (Å²) in [7, 11) is 1.24. The van der Waals surface area contributed by atoms with Crippen molar-refractivity contribution in [2.75, 3.05) is 7.11 Å². The van der Waals surface area contributed by atoms with E-state index in [4.69, 9.17) is 4.74 Å². The van der Waals surface area contributed by atoms with Crippen molar-refractivity contribution in [2.24, 2.45) is 0 Å². The van der Waals surface area contributed by atoms with Crippen LogP contribution in [0.4, 0.5) is 0 Å². The standard InChI is InChI=1S/C12H9NO4/c1-17-10-8(11(15)13-12(10)16)9(14)7-5-3-2-4-6-7/h2-6H,1H3,(H,13,15,16). The van der Waals surface area contributed by atoms with Gasteiger partial charge in [0, 0.05) is 5.56 Å². The van der Waals surface area contributed by atoms with Gasteiger partial charge >= 0.3 is 0 Å². The van der Waals surface area contributed by atoms with E-state index in [0.717, 1.165) is 0 Å². The highest BCUT2D eigenvalue weighted by atomic mass is 16.5. The van der Waals surface area contributed by atoms with E-state index in [9.17, 15) is 14.4 Å². The number of methoxy groups -OCH3 is 1. The first-order valence-corrected chi connectivity index (χ1v) is 4.89. The highest BCUT2D eigenvalue weighted by Gasteiger charge is 2.36. The van der Waals surface area contributed by atoms with Gasteiger partial charge in [0.2, 0.25) is 11.5 Å². The number of amides is 2. The monoisotopic (exact) mass is 231 g/mol. The van der Waals surface area contributed by atoms with Crippen molar-refractivity contribution in [2.45, 2.75) is 0 Å². The van der Waals surface area contributed by atoms with Crippen molar-refractivity contribution in [1.82, 2.24) is 5.32 Å². The quantitative estimate of drug-likeness (QED) is 0.465. The number of imide groups is 1. The summed E-state index contributed by atoms with van der Waals surface area (Å²) < 4.78 is 4.77. The molecule has 0 radical (unpaired) electrons. The second-order valence-electron chi connectivity index (χ2n) is 3.39. The van der Waals surface area contributed by atoms with Gasteiger partial charge in [-0.15, -0.1) is 0 Å². The van der Waals surface area contributed by atoms with E-state index in [2.05, 4.69) is 0 Å². The lowest BCUT2D eigenvalue weighted by molar-refractivity contribution is -0.125. The summed E-state index contributed by atoms with van der Waals surface area (Å²) in [4.78, 5) is 34.8. The Morgan fingerprint density at radius 3 is 2.35 bits per heavy atom. The zero-order chi connectivity index (χ0) is 12.4. The summed E-state index contributed by atoms with van der Waals surface area (Å²) in [6.45, 7) is 0. The molecular weight excluding hydrogens is 222 g/mol. The Morgan fingerprint density at radius 2 is 1.76 bits per heavy atom. The molecule has 17 heavy (non-hydrogen) atoms. The van der Waals surface area contributed by atoms with Crippen LogP contribution in [0.3, 0.4) is 0 Å². The molecule has 2 rings (SSSR count). The van der Waals surface area contributed by atoms with E-state index < -0.39 is 17.6 Å². The summed E-state index contributed by atoms with van der Waals surface area (Å²) in [5, 5.41) is 2.02. The summed E-state index contributed by atoms with van der Waals surface area (Å²) in [5.74, 6) is -2.16. The molecule has 5 nitrogen and oxygen atoms in total. The van der Waals surface area contributed by atoms with Crippen LogP contribution in [-0.2, 0) is 14.3 Å². The van der Waals surface area contributed by atoms with E-state index in [-0.39, 0.29) is 11.3 Å². The van der Waals surface area contributed by atoms with Gasteiger partial charge in [-0.2, -0.15) is 0 Å². The minimum atomic E-state index is -0.722. The molecule has 1 N–H and O–H groups in total. The van der Waals surface area contributed by atoms with Crippen LogP contribution < -0.4 is 5.32 Å². The number of ketones is 1. The van der Waals surface area contributed by atoms with E-state index in [1.54, 1.807) is 30.3 Å². The molecule has 0 bridgehead atoms. The van der Waals surface area contributed by atoms with Crippen molar-refractivity contribution in [3.8, 4) is 0 Å². The number of hydrogen-bond acceptors (Lipinski definition) is 4. The third kappa shape index (κ3) is 1.82. The highest BCUT2D eigenvalue weighted by molar-refractivity contribution is 6.35. The normalized spacial score (nSPS) is 14.9. The third-order valence-corrected chi connectivity index (χ3v) is 2.35.